The van der Waals surface area contributed by atoms with Gasteiger partial charge in [0, 0.05) is 24.0 Å². The summed E-state index contributed by atoms with van der Waals surface area (Å²) < 4.78 is 15.2. The maximum atomic E-state index is 12.3. The van der Waals surface area contributed by atoms with E-state index in [9.17, 15) is 14.4 Å². The van der Waals surface area contributed by atoms with Gasteiger partial charge in [-0.3, -0.25) is 9.59 Å². The van der Waals surface area contributed by atoms with Gasteiger partial charge in [0.25, 0.3) is 5.91 Å². The fourth-order valence-corrected chi connectivity index (χ4v) is 2.92. The lowest BCUT2D eigenvalue weighted by atomic mass is 10.2. The van der Waals surface area contributed by atoms with Crippen LogP contribution in [0.5, 0.6) is 5.75 Å². The summed E-state index contributed by atoms with van der Waals surface area (Å²) in [6, 6.07) is 15.3. The fraction of sp³-hybridized carbons (Fsp3) is 0.136. The largest absolute Gasteiger partial charge is 0.497 e. The van der Waals surface area contributed by atoms with Gasteiger partial charge >= 0.3 is 17.4 Å². The molecule has 2 amide bonds. The van der Waals surface area contributed by atoms with Crippen molar-refractivity contribution in [2.24, 2.45) is 0 Å². The highest BCUT2D eigenvalue weighted by Gasteiger charge is 2.17. The number of fused-ring (bicyclic) bond motifs is 1. The zero-order valence-corrected chi connectivity index (χ0v) is 17.0. The zero-order chi connectivity index (χ0) is 22.5. The molecule has 0 bridgehead atoms. The fourth-order valence-electron chi connectivity index (χ4n) is 2.92. The van der Waals surface area contributed by atoms with Crippen LogP contribution in [0, 0.1) is 0 Å². The Kier molecular flexibility index (Phi) is 5.93. The summed E-state index contributed by atoms with van der Waals surface area (Å²) in [5.41, 5.74) is 0.211. The molecule has 2 heterocycles. The van der Waals surface area contributed by atoms with Crippen molar-refractivity contribution in [1.82, 2.24) is 20.8 Å². The van der Waals surface area contributed by atoms with Gasteiger partial charge in [-0.1, -0.05) is 23.4 Å². The van der Waals surface area contributed by atoms with Crippen LogP contribution < -0.4 is 21.0 Å². The molecule has 2 N–H and O–H groups in total. The number of hydrogen-bond acceptors (Lipinski definition) is 8. The first-order valence-corrected chi connectivity index (χ1v) is 9.62. The Balaban J connectivity index is 1.31. The highest BCUT2D eigenvalue weighted by atomic mass is 16.5. The minimum atomic E-state index is -0.734. The summed E-state index contributed by atoms with van der Waals surface area (Å²) in [6.45, 7) is 0.167. The molecule has 0 saturated carbocycles. The van der Waals surface area contributed by atoms with E-state index in [4.69, 9.17) is 13.7 Å². The number of nitrogens with zero attached hydrogens (tertiary/aromatic N) is 2. The summed E-state index contributed by atoms with van der Waals surface area (Å²) in [5.74, 6) is -0.458. The molecule has 2 aromatic heterocycles. The van der Waals surface area contributed by atoms with Crippen LogP contribution in [-0.2, 0) is 0 Å². The second-order valence-electron chi connectivity index (χ2n) is 6.65. The number of nitrogens with one attached hydrogen (secondary N) is 2. The molecule has 0 unspecified atom stereocenters. The third kappa shape index (κ3) is 4.48. The van der Waals surface area contributed by atoms with Crippen molar-refractivity contribution in [3.63, 3.8) is 0 Å². The van der Waals surface area contributed by atoms with Gasteiger partial charge in [-0.05, 0) is 36.4 Å². The lowest BCUT2D eigenvalue weighted by Gasteiger charge is -2.05. The van der Waals surface area contributed by atoms with Crippen LogP contribution in [0.3, 0.4) is 0 Å². The molecule has 0 aliphatic rings. The van der Waals surface area contributed by atoms with E-state index in [2.05, 4.69) is 20.8 Å². The molecule has 0 aliphatic carbocycles. The number of benzene rings is 2. The summed E-state index contributed by atoms with van der Waals surface area (Å²) in [5, 5.41) is 9.55. The molecule has 0 aliphatic heterocycles. The van der Waals surface area contributed by atoms with Crippen LogP contribution in [0.15, 0.2) is 68.3 Å². The first kappa shape index (κ1) is 20.8. The van der Waals surface area contributed by atoms with Crippen molar-refractivity contribution in [2.45, 2.75) is 0 Å². The molecule has 0 saturated heterocycles. The maximum Gasteiger partial charge on any atom is 0.349 e. The summed E-state index contributed by atoms with van der Waals surface area (Å²) in [6.07, 6.45) is 0. The molecule has 0 spiro atoms. The number of ether oxygens (including phenoxy) is 1. The third-order valence-electron chi connectivity index (χ3n) is 4.55. The van der Waals surface area contributed by atoms with E-state index in [0.29, 0.717) is 22.3 Å². The molecule has 10 heteroatoms. The minimum absolute atomic E-state index is 0.0797. The van der Waals surface area contributed by atoms with E-state index in [1.54, 1.807) is 55.6 Å². The van der Waals surface area contributed by atoms with Crippen molar-refractivity contribution in [3.8, 4) is 17.1 Å². The highest BCUT2D eigenvalue weighted by molar-refractivity contribution is 5.96. The number of methoxy groups -OCH3 is 1. The predicted molar refractivity (Wildman–Crippen MR) is 113 cm³/mol. The molecule has 32 heavy (non-hydrogen) atoms. The van der Waals surface area contributed by atoms with Crippen molar-refractivity contribution in [2.75, 3.05) is 20.2 Å². The van der Waals surface area contributed by atoms with Crippen LogP contribution in [0.4, 0.5) is 0 Å². The van der Waals surface area contributed by atoms with E-state index in [0.717, 1.165) is 0 Å². The molecule has 10 nitrogen and oxygen atoms in total. The number of amides is 2. The van der Waals surface area contributed by atoms with E-state index in [1.165, 1.54) is 6.07 Å². The second-order valence-corrected chi connectivity index (χ2v) is 6.65. The van der Waals surface area contributed by atoms with Gasteiger partial charge in [0.05, 0.1) is 7.11 Å². The Bertz CT molecular complexity index is 1330. The smallest absolute Gasteiger partial charge is 0.349 e. The number of para-hydroxylation sites is 1. The molecule has 4 rings (SSSR count). The van der Waals surface area contributed by atoms with Gasteiger partial charge in [-0.15, -0.1) is 0 Å². The van der Waals surface area contributed by atoms with E-state index in [1.807, 2.05) is 0 Å². The van der Waals surface area contributed by atoms with Crippen LogP contribution in [0.25, 0.3) is 22.4 Å². The van der Waals surface area contributed by atoms with Crippen LogP contribution in [0.1, 0.15) is 21.0 Å². The van der Waals surface area contributed by atoms with Crippen LogP contribution >= 0.6 is 0 Å². The number of rotatable bonds is 7. The first-order valence-electron chi connectivity index (χ1n) is 9.62. The van der Waals surface area contributed by atoms with E-state index < -0.39 is 17.4 Å². The molecular weight excluding hydrogens is 416 g/mol. The molecule has 4 aromatic rings. The van der Waals surface area contributed by atoms with E-state index >= 15 is 0 Å². The number of hydrogen-bond donors (Lipinski definition) is 2. The number of carbonyl (C=O) groups excluding carboxylic acids is 2. The average molecular weight is 434 g/mol. The molecule has 0 fully saturated rings. The first-order chi connectivity index (χ1) is 15.5. The monoisotopic (exact) mass is 434 g/mol. The van der Waals surface area contributed by atoms with E-state index in [-0.39, 0.29) is 30.4 Å². The third-order valence-corrected chi connectivity index (χ3v) is 4.55. The van der Waals surface area contributed by atoms with Crippen LogP contribution in [-0.4, -0.2) is 42.2 Å². The van der Waals surface area contributed by atoms with Crippen molar-refractivity contribution >= 4 is 22.8 Å². The van der Waals surface area contributed by atoms with Crippen molar-refractivity contribution < 1.29 is 23.3 Å². The summed E-state index contributed by atoms with van der Waals surface area (Å²) in [4.78, 5) is 40.6. The van der Waals surface area contributed by atoms with Gasteiger partial charge in [-0.25, -0.2) is 4.79 Å². The maximum absolute atomic E-state index is 12.3. The van der Waals surface area contributed by atoms with Crippen molar-refractivity contribution in [1.29, 1.82) is 0 Å². The quantitative estimate of drug-likeness (QED) is 0.333. The molecular formula is C22H18N4O6. The van der Waals surface area contributed by atoms with Gasteiger partial charge < -0.3 is 24.3 Å². The average Bonchev–Trinajstić information content (AvgIpc) is 3.31. The Labute approximate surface area is 181 Å². The zero-order valence-electron chi connectivity index (χ0n) is 17.0. The molecule has 2 aromatic carbocycles. The minimum Gasteiger partial charge on any atom is -0.497 e. The Morgan fingerprint density at radius 2 is 1.72 bits per heavy atom. The topological polar surface area (TPSA) is 137 Å². The highest BCUT2D eigenvalue weighted by Crippen LogP contribution is 2.19. The van der Waals surface area contributed by atoms with Gasteiger partial charge in [0.2, 0.25) is 5.82 Å². The van der Waals surface area contributed by atoms with Gasteiger partial charge in [0.15, 0.2) is 0 Å². The molecule has 0 atom stereocenters. The SMILES string of the molecule is COc1ccc(-c2noc(C(=O)NCCNC(=O)c3cc4ccccc4oc3=O)n2)cc1. The predicted octanol–water partition coefficient (Wildman–Crippen LogP) is 2.01. The Hall–Kier alpha value is -4.47. The van der Waals surface area contributed by atoms with Gasteiger partial charge in [0.1, 0.15) is 16.9 Å². The number of aromatic nitrogens is 2. The summed E-state index contributed by atoms with van der Waals surface area (Å²) in [7, 11) is 1.56. The number of carbonyl (C=O) groups is 2. The van der Waals surface area contributed by atoms with Crippen molar-refractivity contribution in [3.05, 3.63) is 76.5 Å². The van der Waals surface area contributed by atoms with Gasteiger partial charge in [-0.2, -0.15) is 4.98 Å². The summed E-state index contributed by atoms with van der Waals surface area (Å²) >= 11 is 0. The normalized spacial score (nSPS) is 10.7. The second kappa shape index (κ2) is 9.13. The lowest BCUT2D eigenvalue weighted by molar-refractivity contribution is 0.0897. The molecule has 162 valence electrons. The Morgan fingerprint density at radius 3 is 2.47 bits per heavy atom. The standard InChI is InChI=1S/C22H18N4O6/c1-30-15-8-6-13(7-9-15)18-25-21(32-26-18)20(28)24-11-10-23-19(27)16-12-14-4-2-3-5-17(14)31-22(16)29/h2-9,12H,10-11H2,1H3,(H,23,27)(H,24,28). The molecule has 0 radical (unpaired) electrons. The Morgan fingerprint density at radius 1 is 1.00 bits per heavy atom. The lowest BCUT2D eigenvalue weighted by Crippen LogP contribution is -2.36. The van der Waals surface area contributed by atoms with Crippen LogP contribution in [0.2, 0.25) is 0 Å².